The van der Waals surface area contributed by atoms with Crippen LogP contribution in [0.25, 0.3) is 0 Å². The van der Waals surface area contributed by atoms with Gasteiger partial charge in [0.1, 0.15) is 5.70 Å². The normalized spacial score (nSPS) is 14.0. The van der Waals surface area contributed by atoms with Crippen LogP contribution >= 0.6 is 0 Å². The van der Waals surface area contributed by atoms with Gasteiger partial charge in [-0.3, -0.25) is 9.59 Å². The second-order valence-corrected chi connectivity index (χ2v) is 8.50. The first-order chi connectivity index (χ1) is 15.2. The van der Waals surface area contributed by atoms with Crippen molar-refractivity contribution < 1.29 is 19.8 Å². The van der Waals surface area contributed by atoms with Crippen LogP contribution < -0.4 is 16.0 Å². The number of amides is 1. The summed E-state index contributed by atoms with van der Waals surface area (Å²) in [6.07, 6.45) is 1.18. The van der Waals surface area contributed by atoms with Crippen molar-refractivity contribution in [3.8, 4) is 5.75 Å². The highest BCUT2D eigenvalue weighted by molar-refractivity contribution is 6.07. The van der Waals surface area contributed by atoms with Crippen LogP contribution in [0.5, 0.6) is 5.75 Å². The number of hydrogen-bond donors (Lipinski definition) is 5. The number of phenolic OH excluding ortho intramolecular Hbond substituents is 1. The lowest BCUT2D eigenvalue weighted by Gasteiger charge is -2.29. The van der Waals surface area contributed by atoms with Crippen molar-refractivity contribution in [2.75, 3.05) is 12.4 Å². The van der Waals surface area contributed by atoms with E-state index < -0.39 is 5.54 Å². The average Bonchev–Trinajstić information content (AvgIpc) is 2.76. The number of benzene rings is 2. The molecule has 0 saturated carbocycles. The Morgan fingerprint density at radius 2 is 1.72 bits per heavy atom. The minimum Gasteiger partial charge on any atom is -0.505 e. The van der Waals surface area contributed by atoms with Crippen LogP contribution in [0.15, 0.2) is 59.9 Å². The molecule has 5 N–H and O–H groups in total. The highest BCUT2D eigenvalue weighted by Crippen LogP contribution is 2.33. The van der Waals surface area contributed by atoms with Crippen molar-refractivity contribution in [1.82, 2.24) is 10.6 Å². The maximum Gasteiger partial charge on any atom is 0.255 e. The van der Waals surface area contributed by atoms with Gasteiger partial charge in [0.05, 0.1) is 23.7 Å². The molecule has 2 aromatic rings. The molecule has 172 valence electrons. The molecular formula is C25H33N3O4. The van der Waals surface area contributed by atoms with Crippen molar-refractivity contribution in [1.29, 1.82) is 0 Å². The van der Waals surface area contributed by atoms with Gasteiger partial charge in [-0.1, -0.05) is 43.3 Å². The summed E-state index contributed by atoms with van der Waals surface area (Å²) in [7, 11) is 1.00. The first-order valence-corrected chi connectivity index (χ1v) is 10.6. The van der Waals surface area contributed by atoms with Crippen molar-refractivity contribution in [3.63, 3.8) is 0 Å². The Bertz CT molecular complexity index is 978. The molecule has 7 nitrogen and oxygen atoms in total. The molecule has 0 spiro atoms. The predicted molar refractivity (Wildman–Crippen MR) is 126 cm³/mol. The van der Waals surface area contributed by atoms with Gasteiger partial charge in [-0.15, -0.1) is 0 Å². The fraction of sp³-hybridized carbons (Fsp3) is 0.360. The SMILES string of the molecule is CC[C@@H](NC1=C(Nc2cccc(C(=O)NC(C)(C)C)c2O)C(=O)C1)c1ccccc1.CO. The smallest absolute Gasteiger partial charge is 0.255 e. The van der Waals surface area contributed by atoms with Gasteiger partial charge in [-0.05, 0) is 44.9 Å². The molecule has 3 rings (SSSR count). The highest BCUT2D eigenvalue weighted by atomic mass is 16.3. The van der Waals surface area contributed by atoms with Gasteiger partial charge in [0.2, 0.25) is 0 Å². The number of anilines is 1. The first-order valence-electron chi connectivity index (χ1n) is 10.6. The molecule has 7 heteroatoms. The summed E-state index contributed by atoms with van der Waals surface area (Å²) >= 11 is 0. The summed E-state index contributed by atoms with van der Waals surface area (Å²) in [4.78, 5) is 24.7. The second-order valence-electron chi connectivity index (χ2n) is 8.50. The van der Waals surface area contributed by atoms with E-state index >= 15 is 0 Å². The monoisotopic (exact) mass is 439 g/mol. The van der Waals surface area contributed by atoms with Crippen LogP contribution in [0.4, 0.5) is 5.69 Å². The molecule has 1 aliphatic carbocycles. The van der Waals surface area contributed by atoms with E-state index in [0.29, 0.717) is 17.8 Å². The molecule has 2 aromatic carbocycles. The van der Waals surface area contributed by atoms with Crippen LogP contribution in [0.2, 0.25) is 0 Å². The number of aliphatic hydroxyl groups excluding tert-OH is 1. The number of rotatable bonds is 7. The molecule has 0 aromatic heterocycles. The number of carbonyl (C=O) groups is 2. The van der Waals surface area contributed by atoms with Crippen molar-refractivity contribution in [3.05, 3.63) is 71.1 Å². The van der Waals surface area contributed by atoms with Crippen LogP contribution in [-0.2, 0) is 4.79 Å². The number of carbonyl (C=O) groups excluding carboxylic acids is 2. The molecule has 0 aliphatic heterocycles. The molecule has 0 saturated heterocycles. The molecule has 0 unspecified atom stereocenters. The van der Waals surface area contributed by atoms with Gasteiger partial charge in [-0.2, -0.15) is 0 Å². The fourth-order valence-corrected chi connectivity index (χ4v) is 3.35. The Hall–Kier alpha value is -3.32. The first kappa shape index (κ1) is 24.9. The van der Waals surface area contributed by atoms with E-state index in [-0.39, 0.29) is 29.0 Å². The summed E-state index contributed by atoms with van der Waals surface area (Å²) in [6.45, 7) is 7.70. The number of nitrogens with one attached hydrogen (secondary N) is 3. The number of hydrogen-bond acceptors (Lipinski definition) is 6. The minimum atomic E-state index is -0.427. The second kappa shape index (κ2) is 10.8. The minimum absolute atomic E-state index is 0.0376. The molecule has 1 aliphatic rings. The van der Waals surface area contributed by atoms with Gasteiger partial charge < -0.3 is 26.2 Å². The Kier molecular flexibility index (Phi) is 8.43. The Morgan fingerprint density at radius 3 is 2.28 bits per heavy atom. The Balaban J connectivity index is 0.00000176. The van der Waals surface area contributed by atoms with Crippen LogP contribution in [0.3, 0.4) is 0 Å². The molecule has 1 atom stereocenters. The number of ketones is 1. The van der Waals surface area contributed by atoms with E-state index in [1.165, 1.54) is 0 Å². The fourth-order valence-electron chi connectivity index (χ4n) is 3.35. The van der Waals surface area contributed by atoms with Gasteiger partial charge in [0, 0.05) is 18.3 Å². The van der Waals surface area contributed by atoms with Crippen molar-refractivity contribution in [2.45, 2.75) is 52.1 Å². The van der Waals surface area contributed by atoms with E-state index in [1.54, 1.807) is 18.2 Å². The summed E-state index contributed by atoms with van der Waals surface area (Å²) in [5, 5.41) is 26.9. The standard InChI is InChI=1S/C24H29N3O3.CH4O/c1-5-17(15-10-7-6-8-11-15)25-19-14-20(28)21(19)26-18-13-9-12-16(22(18)29)23(30)27-24(2,3)4;1-2/h6-13,17,25-26,29H,5,14H2,1-4H3,(H,27,30);2H,1H3/t17-;/m1./s1. The van der Waals surface area contributed by atoms with Crippen molar-refractivity contribution in [2.24, 2.45) is 0 Å². The highest BCUT2D eigenvalue weighted by Gasteiger charge is 2.30. The van der Waals surface area contributed by atoms with Crippen LogP contribution in [0, 0.1) is 0 Å². The zero-order chi connectivity index (χ0) is 23.9. The zero-order valence-electron chi connectivity index (χ0n) is 19.3. The summed E-state index contributed by atoms with van der Waals surface area (Å²) in [6, 6.07) is 15.0. The van der Waals surface area contributed by atoms with E-state index in [4.69, 9.17) is 5.11 Å². The Morgan fingerprint density at radius 1 is 1.06 bits per heavy atom. The molecule has 0 fully saturated rings. The van der Waals surface area contributed by atoms with Crippen LogP contribution in [0.1, 0.15) is 62.5 Å². The largest absolute Gasteiger partial charge is 0.505 e. The molecule has 1 amide bonds. The summed E-state index contributed by atoms with van der Waals surface area (Å²) < 4.78 is 0. The third-order valence-corrected chi connectivity index (χ3v) is 4.91. The number of phenols is 1. The quantitative estimate of drug-likeness (QED) is 0.419. The van der Waals surface area contributed by atoms with Crippen molar-refractivity contribution >= 4 is 17.4 Å². The number of Topliss-reactive ketones (excluding diaryl/α,β-unsaturated/α-hetero) is 1. The lowest BCUT2D eigenvalue weighted by Crippen LogP contribution is -2.40. The van der Waals surface area contributed by atoms with E-state index in [0.717, 1.165) is 24.8 Å². The number of aromatic hydroxyl groups is 1. The molecule has 0 bridgehead atoms. The predicted octanol–water partition coefficient (Wildman–Crippen LogP) is 3.87. The van der Waals surface area contributed by atoms with Gasteiger partial charge in [0.15, 0.2) is 11.5 Å². The number of para-hydroxylation sites is 1. The number of allylic oxidation sites excluding steroid dienone is 2. The topological polar surface area (TPSA) is 111 Å². The molecule has 0 heterocycles. The zero-order valence-corrected chi connectivity index (χ0v) is 19.3. The van der Waals surface area contributed by atoms with Gasteiger partial charge in [0.25, 0.3) is 5.91 Å². The van der Waals surface area contributed by atoms with Gasteiger partial charge >= 0.3 is 0 Å². The summed E-state index contributed by atoms with van der Waals surface area (Å²) in [5.41, 5.74) is 2.44. The molecule has 32 heavy (non-hydrogen) atoms. The molecular weight excluding hydrogens is 406 g/mol. The Labute approximate surface area is 189 Å². The maximum atomic E-state index is 12.5. The molecule has 0 radical (unpaired) electrons. The lowest BCUT2D eigenvalue weighted by atomic mass is 9.95. The maximum absolute atomic E-state index is 12.5. The van der Waals surface area contributed by atoms with Gasteiger partial charge in [-0.25, -0.2) is 0 Å². The third-order valence-electron chi connectivity index (χ3n) is 4.91. The number of aliphatic hydroxyl groups is 1. The average molecular weight is 440 g/mol. The van der Waals surface area contributed by atoms with E-state index in [2.05, 4.69) is 35.0 Å². The van der Waals surface area contributed by atoms with E-state index in [9.17, 15) is 14.7 Å². The third kappa shape index (κ3) is 6.11. The van der Waals surface area contributed by atoms with E-state index in [1.807, 2.05) is 39.0 Å². The lowest BCUT2D eigenvalue weighted by molar-refractivity contribution is -0.116. The summed E-state index contributed by atoms with van der Waals surface area (Å²) in [5.74, 6) is -0.587. The van der Waals surface area contributed by atoms with Crippen LogP contribution in [-0.4, -0.2) is 34.6 Å².